The first-order valence-corrected chi connectivity index (χ1v) is 9.66. The molecule has 0 amide bonds. The summed E-state index contributed by atoms with van der Waals surface area (Å²) in [4.78, 5) is 28.6. The number of pyridine rings is 1. The van der Waals surface area contributed by atoms with E-state index < -0.39 is 33.6 Å². The highest BCUT2D eigenvalue weighted by atomic mass is 35.5. The number of rotatable bonds is 3. The molecule has 0 unspecified atom stereocenters. The standard InChI is InChI=1S/C21H18ClF2N3O3/c1-25-6-8-26(9-7-25)15-4-2-3-5-16(15)27-11-13(21(29)30)20(28)12-10-14(23)18(24)17(22)19(12)27/h2-5,10-11H,6-9H2,1H3,(H,29,30). The van der Waals surface area contributed by atoms with Crippen LogP contribution >= 0.6 is 11.6 Å². The molecule has 6 nitrogen and oxygen atoms in total. The van der Waals surface area contributed by atoms with Crippen LogP contribution in [0.2, 0.25) is 5.02 Å². The summed E-state index contributed by atoms with van der Waals surface area (Å²) >= 11 is 6.11. The van der Waals surface area contributed by atoms with Crippen molar-refractivity contribution in [2.45, 2.75) is 0 Å². The van der Waals surface area contributed by atoms with E-state index in [0.29, 0.717) is 11.8 Å². The summed E-state index contributed by atoms with van der Waals surface area (Å²) in [7, 11) is 2.02. The number of fused-ring (bicyclic) bond motifs is 1. The van der Waals surface area contributed by atoms with Gasteiger partial charge in [0, 0.05) is 32.4 Å². The Hall–Kier alpha value is -2.97. The number of carboxylic acid groups (broad SMARTS) is 1. The van der Waals surface area contributed by atoms with Gasteiger partial charge in [0.05, 0.1) is 22.3 Å². The first-order valence-electron chi connectivity index (χ1n) is 9.28. The van der Waals surface area contributed by atoms with E-state index in [1.54, 1.807) is 12.1 Å². The zero-order valence-electron chi connectivity index (χ0n) is 16.0. The van der Waals surface area contributed by atoms with Crippen molar-refractivity contribution in [1.29, 1.82) is 0 Å². The van der Waals surface area contributed by atoms with Gasteiger partial charge in [-0.05, 0) is 25.2 Å². The van der Waals surface area contributed by atoms with Crippen molar-refractivity contribution in [3.63, 3.8) is 0 Å². The molecule has 1 N–H and O–H groups in total. The number of para-hydroxylation sites is 2. The maximum absolute atomic E-state index is 14.3. The molecule has 156 valence electrons. The van der Waals surface area contributed by atoms with Crippen LogP contribution in [0.3, 0.4) is 0 Å². The van der Waals surface area contributed by atoms with Gasteiger partial charge in [0.2, 0.25) is 5.43 Å². The van der Waals surface area contributed by atoms with Gasteiger partial charge in [0.1, 0.15) is 10.6 Å². The molecular weight excluding hydrogens is 416 g/mol. The zero-order valence-corrected chi connectivity index (χ0v) is 16.8. The van der Waals surface area contributed by atoms with Gasteiger partial charge in [0.25, 0.3) is 0 Å². The topological polar surface area (TPSA) is 65.8 Å². The van der Waals surface area contributed by atoms with Crippen LogP contribution < -0.4 is 10.3 Å². The van der Waals surface area contributed by atoms with Gasteiger partial charge < -0.3 is 19.5 Å². The molecule has 9 heteroatoms. The lowest BCUT2D eigenvalue weighted by molar-refractivity contribution is 0.0695. The summed E-state index contributed by atoms with van der Waals surface area (Å²) in [5, 5.41) is 8.63. The Morgan fingerprint density at radius 1 is 1.10 bits per heavy atom. The van der Waals surface area contributed by atoms with Crippen LogP contribution in [0.5, 0.6) is 0 Å². The number of piperazine rings is 1. The van der Waals surface area contributed by atoms with Crippen LogP contribution in [-0.4, -0.2) is 53.8 Å². The van der Waals surface area contributed by atoms with Crippen molar-refractivity contribution in [1.82, 2.24) is 9.47 Å². The van der Waals surface area contributed by atoms with Crippen molar-refractivity contribution >= 4 is 34.2 Å². The highest BCUT2D eigenvalue weighted by molar-refractivity contribution is 6.35. The molecule has 1 saturated heterocycles. The molecule has 2 aromatic carbocycles. The Bertz CT molecular complexity index is 1220. The first-order chi connectivity index (χ1) is 14.3. The molecular formula is C21H18ClF2N3O3. The molecule has 30 heavy (non-hydrogen) atoms. The zero-order chi connectivity index (χ0) is 21.6. The smallest absolute Gasteiger partial charge is 0.341 e. The van der Waals surface area contributed by atoms with E-state index in [0.717, 1.165) is 38.1 Å². The number of benzene rings is 2. The molecule has 0 atom stereocenters. The van der Waals surface area contributed by atoms with E-state index in [1.165, 1.54) is 4.57 Å². The quantitative estimate of drug-likeness (QED) is 0.641. The number of anilines is 1. The molecule has 0 bridgehead atoms. The number of likely N-dealkylation sites (N-methyl/N-ethyl adjacent to an activating group) is 1. The number of carbonyl (C=O) groups is 1. The van der Waals surface area contributed by atoms with Gasteiger partial charge in [-0.15, -0.1) is 0 Å². The number of aromatic nitrogens is 1. The Balaban J connectivity index is 2.05. The van der Waals surface area contributed by atoms with Crippen molar-refractivity contribution in [3.8, 4) is 5.69 Å². The fraction of sp³-hybridized carbons (Fsp3) is 0.238. The van der Waals surface area contributed by atoms with Crippen LogP contribution in [0.1, 0.15) is 10.4 Å². The molecule has 1 aliphatic rings. The van der Waals surface area contributed by atoms with E-state index in [-0.39, 0.29) is 10.9 Å². The minimum atomic E-state index is -1.46. The summed E-state index contributed by atoms with van der Waals surface area (Å²) in [6.45, 7) is 3.13. The third-order valence-corrected chi connectivity index (χ3v) is 5.69. The van der Waals surface area contributed by atoms with Crippen molar-refractivity contribution in [2.75, 3.05) is 38.1 Å². The van der Waals surface area contributed by atoms with Gasteiger partial charge >= 0.3 is 5.97 Å². The largest absolute Gasteiger partial charge is 0.477 e. The monoisotopic (exact) mass is 433 g/mol. The lowest BCUT2D eigenvalue weighted by atomic mass is 10.1. The molecule has 1 aliphatic heterocycles. The van der Waals surface area contributed by atoms with Crippen molar-refractivity contribution in [2.24, 2.45) is 0 Å². The average molecular weight is 434 g/mol. The molecule has 1 aromatic heterocycles. The second-order valence-corrected chi connectivity index (χ2v) is 7.59. The average Bonchev–Trinajstić information content (AvgIpc) is 2.73. The SMILES string of the molecule is CN1CCN(c2ccccc2-n2cc(C(=O)O)c(=O)c3cc(F)c(F)c(Cl)c32)CC1. The maximum Gasteiger partial charge on any atom is 0.341 e. The highest BCUT2D eigenvalue weighted by Gasteiger charge is 2.24. The summed E-state index contributed by atoms with van der Waals surface area (Å²) in [6.07, 6.45) is 1.12. The van der Waals surface area contributed by atoms with Crippen molar-refractivity contribution < 1.29 is 18.7 Å². The third-order valence-electron chi connectivity index (χ3n) is 5.34. The summed E-state index contributed by atoms with van der Waals surface area (Å²) in [6, 6.07) is 7.86. The van der Waals surface area contributed by atoms with E-state index in [9.17, 15) is 23.5 Å². The second-order valence-electron chi connectivity index (χ2n) is 7.21. The van der Waals surface area contributed by atoms with Gasteiger partial charge in [-0.25, -0.2) is 13.6 Å². The number of carboxylic acids is 1. The number of aromatic carboxylic acids is 1. The molecule has 3 aromatic rings. The number of halogens is 3. The number of hydrogen-bond donors (Lipinski definition) is 1. The second kappa shape index (κ2) is 7.70. The maximum atomic E-state index is 14.3. The molecule has 0 saturated carbocycles. The minimum Gasteiger partial charge on any atom is -0.477 e. The fourth-order valence-corrected chi connectivity index (χ4v) is 4.00. The molecule has 0 aliphatic carbocycles. The van der Waals surface area contributed by atoms with Gasteiger partial charge in [0.15, 0.2) is 11.6 Å². The van der Waals surface area contributed by atoms with Crippen LogP contribution in [0, 0.1) is 11.6 Å². The van der Waals surface area contributed by atoms with Crippen molar-refractivity contribution in [3.05, 3.63) is 69.0 Å². The van der Waals surface area contributed by atoms with Crippen LogP contribution in [0.15, 0.2) is 41.3 Å². The summed E-state index contributed by atoms with van der Waals surface area (Å²) < 4.78 is 29.6. The van der Waals surface area contributed by atoms with E-state index >= 15 is 0 Å². The van der Waals surface area contributed by atoms with Gasteiger partial charge in [-0.3, -0.25) is 4.79 Å². The lowest BCUT2D eigenvalue weighted by Crippen LogP contribution is -2.44. The predicted molar refractivity (Wildman–Crippen MR) is 111 cm³/mol. The Morgan fingerprint density at radius 2 is 1.73 bits per heavy atom. The Morgan fingerprint density at radius 3 is 2.37 bits per heavy atom. The molecule has 4 rings (SSSR count). The third kappa shape index (κ3) is 3.32. The van der Waals surface area contributed by atoms with Crippen LogP contribution in [0.4, 0.5) is 14.5 Å². The summed E-state index contributed by atoms with van der Waals surface area (Å²) in [5.41, 5.74) is -0.272. The minimum absolute atomic E-state index is 0.0767. The van der Waals surface area contributed by atoms with E-state index in [1.807, 2.05) is 19.2 Å². The molecule has 0 radical (unpaired) electrons. The van der Waals surface area contributed by atoms with E-state index in [2.05, 4.69) is 9.80 Å². The molecule has 1 fully saturated rings. The highest BCUT2D eigenvalue weighted by Crippen LogP contribution is 2.33. The summed E-state index contributed by atoms with van der Waals surface area (Å²) in [5.74, 6) is -4.07. The van der Waals surface area contributed by atoms with Crippen LogP contribution in [0.25, 0.3) is 16.6 Å². The number of hydrogen-bond acceptors (Lipinski definition) is 4. The Kier molecular flexibility index (Phi) is 5.21. The number of nitrogens with zero attached hydrogens (tertiary/aromatic N) is 3. The lowest BCUT2D eigenvalue weighted by Gasteiger charge is -2.35. The normalized spacial score (nSPS) is 15.0. The van der Waals surface area contributed by atoms with Crippen LogP contribution in [-0.2, 0) is 0 Å². The molecule has 2 heterocycles. The molecule has 0 spiro atoms. The van der Waals surface area contributed by atoms with E-state index in [4.69, 9.17) is 11.6 Å². The predicted octanol–water partition coefficient (Wildman–Crippen LogP) is 3.37. The van der Waals surface area contributed by atoms with Gasteiger partial charge in [-0.2, -0.15) is 0 Å². The van der Waals surface area contributed by atoms with Gasteiger partial charge in [-0.1, -0.05) is 23.7 Å². The first kappa shape index (κ1) is 20.3. The Labute approximate surface area is 175 Å². The fourth-order valence-electron chi connectivity index (χ4n) is 3.72.